The summed E-state index contributed by atoms with van der Waals surface area (Å²) in [6.45, 7) is 4.64. The first-order chi connectivity index (χ1) is 21.2. The van der Waals surface area contributed by atoms with Crippen molar-refractivity contribution >= 4 is 40.3 Å². The van der Waals surface area contributed by atoms with E-state index < -0.39 is 8.80 Å². The van der Waals surface area contributed by atoms with E-state index in [4.69, 9.17) is 0 Å². The fourth-order valence-electron chi connectivity index (χ4n) is 7.75. The van der Waals surface area contributed by atoms with Gasteiger partial charge in [-0.1, -0.05) is 202 Å². The largest absolute Gasteiger partial charge is 0.133 e. The summed E-state index contributed by atoms with van der Waals surface area (Å²) in [7, 11) is -1.70. The van der Waals surface area contributed by atoms with Gasteiger partial charge in [-0.05, 0) is 52.4 Å². The Morgan fingerprint density at radius 1 is 0.535 bits per heavy atom. The number of unbranched alkanes of at least 4 members (excludes halogenated alkanes) is 10. The smallest absolute Gasteiger partial charge is 0.0654 e. The summed E-state index contributed by atoms with van der Waals surface area (Å²) in [5.74, 6) is 0. The van der Waals surface area contributed by atoms with Crippen LogP contribution in [-0.4, -0.2) is 8.80 Å². The highest BCUT2D eigenvalue weighted by atomic mass is 79.9. The van der Waals surface area contributed by atoms with Gasteiger partial charge in [-0.25, -0.2) is 0 Å². The van der Waals surface area contributed by atoms with E-state index in [0.29, 0.717) is 0 Å². The standard InChI is InChI=1S/C41H51BrSi/c1-3-5-7-9-11-19-30-41(31-20-12-10-8-6-4-2)38-32-33(42)28-29-36(38)37-26-21-27-39(40(37)41)43(34-22-15-13-16-23-34)35-24-17-14-18-25-35/h13-18,21-29,32,43H,3-12,19-20,30-31H2,1-2H3. The van der Waals surface area contributed by atoms with Crippen LogP contribution in [0.2, 0.25) is 0 Å². The predicted molar refractivity (Wildman–Crippen MR) is 195 cm³/mol. The average molecular weight is 652 g/mol. The lowest BCUT2D eigenvalue weighted by Crippen LogP contribution is -2.54. The van der Waals surface area contributed by atoms with Crippen molar-refractivity contribution in [2.24, 2.45) is 0 Å². The lowest BCUT2D eigenvalue weighted by Gasteiger charge is -2.36. The topological polar surface area (TPSA) is 0 Å². The van der Waals surface area contributed by atoms with Crippen LogP contribution in [0.5, 0.6) is 0 Å². The quantitative estimate of drug-likeness (QED) is 0.0606. The number of rotatable bonds is 17. The van der Waals surface area contributed by atoms with Crippen molar-refractivity contribution in [3.63, 3.8) is 0 Å². The van der Waals surface area contributed by atoms with E-state index in [1.807, 2.05) is 0 Å². The van der Waals surface area contributed by atoms with Crippen LogP contribution in [-0.2, 0) is 5.41 Å². The highest BCUT2D eigenvalue weighted by Gasteiger charge is 2.45. The van der Waals surface area contributed by atoms with E-state index in [-0.39, 0.29) is 5.41 Å². The van der Waals surface area contributed by atoms with Gasteiger partial charge in [0.2, 0.25) is 0 Å². The molecule has 0 N–H and O–H groups in total. The molecule has 1 aliphatic rings. The van der Waals surface area contributed by atoms with Crippen molar-refractivity contribution < 1.29 is 0 Å². The van der Waals surface area contributed by atoms with Crippen LogP contribution >= 0.6 is 15.9 Å². The zero-order chi connectivity index (χ0) is 29.9. The third-order valence-electron chi connectivity index (χ3n) is 9.85. The molecule has 0 nitrogen and oxygen atoms in total. The number of halogens is 1. The average Bonchev–Trinajstić information content (AvgIpc) is 3.31. The number of hydrogen-bond acceptors (Lipinski definition) is 0. The molecular formula is C41H51BrSi. The second-order valence-corrected chi connectivity index (χ2v) is 16.6. The molecule has 0 unspecified atom stereocenters. The van der Waals surface area contributed by atoms with Gasteiger partial charge in [-0.2, -0.15) is 0 Å². The first-order valence-electron chi connectivity index (χ1n) is 17.2. The fourth-order valence-corrected chi connectivity index (χ4v) is 11.5. The predicted octanol–water partition coefficient (Wildman–Crippen LogP) is 10.5. The van der Waals surface area contributed by atoms with Crippen molar-refractivity contribution in [2.45, 2.75) is 109 Å². The Morgan fingerprint density at radius 2 is 1.07 bits per heavy atom. The Bertz CT molecular complexity index is 1360. The molecule has 0 atom stereocenters. The minimum atomic E-state index is -1.70. The molecule has 226 valence electrons. The summed E-state index contributed by atoms with van der Waals surface area (Å²) >= 11 is 3.91. The van der Waals surface area contributed by atoms with Gasteiger partial charge in [-0.15, -0.1) is 0 Å². The van der Waals surface area contributed by atoms with Gasteiger partial charge in [0.1, 0.15) is 8.80 Å². The maximum atomic E-state index is 3.91. The molecule has 4 aromatic rings. The maximum Gasteiger partial charge on any atom is 0.133 e. The molecule has 2 heteroatoms. The molecule has 43 heavy (non-hydrogen) atoms. The molecular weight excluding hydrogens is 600 g/mol. The number of hydrogen-bond donors (Lipinski definition) is 0. The van der Waals surface area contributed by atoms with E-state index >= 15 is 0 Å². The summed E-state index contributed by atoms with van der Waals surface area (Å²) in [4.78, 5) is 0. The molecule has 0 amide bonds. The van der Waals surface area contributed by atoms with Crippen LogP contribution in [0.4, 0.5) is 0 Å². The van der Waals surface area contributed by atoms with Gasteiger partial charge >= 0.3 is 0 Å². The van der Waals surface area contributed by atoms with Crippen molar-refractivity contribution in [1.82, 2.24) is 0 Å². The second kappa shape index (κ2) is 16.1. The Hall–Kier alpha value is -2.42. The van der Waals surface area contributed by atoms with Gasteiger partial charge in [0.05, 0.1) is 0 Å². The van der Waals surface area contributed by atoms with Crippen LogP contribution < -0.4 is 15.6 Å². The second-order valence-electron chi connectivity index (χ2n) is 12.8. The monoisotopic (exact) mass is 650 g/mol. The summed E-state index contributed by atoms with van der Waals surface area (Å²) in [6, 6.07) is 37.4. The maximum absolute atomic E-state index is 3.91. The first kappa shape index (κ1) is 32.0. The van der Waals surface area contributed by atoms with Crippen LogP contribution in [0, 0.1) is 0 Å². The van der Waals surface area contributed by atoms with Gasteiger partial charge < -0.3 is 0 Å². The summed E-state index contributed by atoms with van der Waals surface area (Å²) in [5.41, 5.74) is 6.32. The molecule has 4 aromatic carbocycles. The molecule has 0 aromatic heterocycles. The Balaban J connectivity index is 1.63. The SMILES string of the molecule is CCCCCCCCC1(CCCCCCCC)c2cc(Br)ccc2-c2cccc([SiH](c3ccccc3)c3ccccc3)c21. The Morgan fingerprint density at radius 3 is 1.63 bits per heavy atom. The lowest BCUT2D eigenvalue weighted by molar-refractivity contribution is 0.399. The van der Waals surface area contributed by atoms with Crippen LogP contribution in [0.1, 0.15) is 115 Å². The minimum absolute atomic E-state index is 0.0787. The molecule has 0 saturated carbocycles. The van der Waals surface area contributed by atoms with Crippen molar-refractivity contribution in [3.8, 4) is 11.1 Å². The molecule has 1 aliphatic carbocycles. The van der Waals surface area contributed by atoms with Crippen LogP contribution in [0.15, 0.2) is 102 Å². The number of fused-ring (bicyclic) bond motifs is 3. The van der Waals surface area contributed by atoms with E-state index in [9.17, 15) is 0 Å². The van der Waals surface area contributed by atoms with Gasteiger partial charge in [0.25, 0.3) is 0 Å². The summed E-state index contributed by atoms with van der Waals surface area (Å²) in [6.07, 6.45) is 18.7. The van der Waals surface area contributed by atoms with Crippen LogP contribution in [0.3, 0.4) is 0 Å². The Labute approximate surface area is 272 Å². The highest BCUT2D eigenvalue weighted by molar-refractivity contribution is 9.10. The molecule has 0 heterocycles. The normalized spacial score (nSPS) is 13.3. The molecule has 0 bridgehead atoms. The van der Waals surface area contributed by atoms with Gasteiger partial charge in [-0.3, -0.25) is 0 Å². The van der Waals surface area contributed by atoms with Gasteiger partial charge in [0.15, 0.2) is 0 Å². The van der Waals surface area contributed by atoms with E-state index in [0.717, 1.165) is 0 Å². The van der Waals surface area contributed by atoms with Crippen molar-refractivity contribution in [3.05, 3.63) is 113 Å². The molecule has 0 fully saturated rings. The van der Waals surface area contributed by atoms with E-state index in [2.05, 4.69) is 127 Å². The van der Waals surface area contributed by atoms with E-state index in [1.54, 1.807) is 16.3 Å². The molecule has 0 aliphatic heterocycles. The zero-order valence-electron chi connectivity index (χ0n) is 26.6. The third kappa shape index (κ3) is 7.46. The summed E-state index contributed by atoms with van der Waals surface area (Å²) < 4.78 is 1.22. The van der Waals surface area contributed by atoms with Crippen molar-refractivity contribution in [1.29, 1.82) is 0 Å². The number of benzene rings is 4. The zero-order valence-corrected chi connectivity index (χ0v) is 29.3. The fraction of sp³-hybridized carbons (Fsp3) is 0.415. The summed E-state index contributed by atoms with van der Waals surface area (Å²) in [5, 5.41) is 4.68. The molecule has 0 saturated heterocycles. The lowest BCUT2D eigenvalue weighted by atomic mass is 9.70. The third-order valence-corrected chi connectivity index (χ3v) is 13.6. The minimum Gasteiger partial charge on any atom is -0.0654 e. The first-order valence-corrected chi connectivity index (χ1v) is 19.8. The van der Waals surface area contributed by atoms with Crippen molar-refractivity contribution in [2.75, 3.05) is 0 Å². The Kier molecular flexibility index (Phi) is 11.9. The molecule has 5 rings (SSSR count). The molecule has 0 spiro atoms. The van der Waals surface area contributed by atoms with Crippen LogP contribution in [0.25, 0.3) is 11.1 Å². The van der Waals surface area contributed by atoms with Gasteiger partial charge in [0, 0.05) is 9.89 Å². The van der Waals surface area contributed by atoms with E-state index in [1.165, 1.54) is 116 Å². The molecule has 0 radical (unpaired) electrons. The highest BCUT2D eigenvalue weighted by Crippen LogP contribution is 2.54.